The minimum absolute atomic E-state index is 0.0205. The van der Waals surface area contributed by atoms with E-state index in [4.69, 9.17) is 14.5 Å². The molecule has 0 aliphatic heterocycles. The number of methoxy groups -OCH3 is 2. The van der Waals surface area contributed by atoms with Crippen LogP contribution in [0.15, 0.2) is 48.5 Å². The highest BCUT2D eigenvalue weighted by molar-refractivity contribution is 6.07. The molecule has 1 amide bonds. The van der Waals surface area contributed by atoms with Crippen molar-refractivity contribution in [2.45, 2.75) is 6.92 Å². The first-order chi connectivity index (χ1) is 12.6. The number of carbonyl (C=O) groups excluding carboxylic acids is 1. The lowest BCUT2D eigenvalue weighted by Gasteiger charge is -2.17. The monoisotopic (exact) mass is 350 g/mol. The zero-order valence-corrected chi connectivity index (χ0v) is 15.4. The molecule has 5 nitrogen and oxygen atoms in total. The molecule has 2 aromatic carbocycles. The van der Waals surface area contributed by atoms with Gasteiger partial charge in [0.2, 0.25) is 0 Å². The van der Waals surface area contributed by atoms with Gasteiger partial charge in [0.1, 0.15) is 0 Å². The van der Waals surface area contributed by atoms with E-state index in [0.29, 0.717) is 23.6 Å². The summed E-state index contributed by atoms with van der Waals surface area (Å²) in [6, 6.07) is 15.2. The van der Waals surface area contributed by atoms with Gasteiger partial charge in [-0.1, -0.05) is 18.2 Å². The van der Waals surface area contributed by atoms with E-state index >= 15 is 0 Å². The zero-order valence-electron chi connectivity index (χ0n) is 15.4. The Morgan fingerprint density at radius 1 is 1.04 bits per heavy atom. The Labute approximate surface area is 153 Å². The smallest absolute Gasteiger partial charge is 0.254 e. The van der Waals surface area contributed by atoms with E-state index in [1.807, 2.05) is 55.5 Å². The van der Waals surface area contributed by atoms with Crippen LogP contribution in [0.3, 0.4) is 0 Å². The predicted molar refractivity (Wildman–Crippen MR) is 103 cm³/mol. The van der Waals surface area contributed by atoms with E-state index in [9.17, 15) is 4.79 Å². The van der Waals surface area contributed by atoms with Crippen molar-refractivity contribution in [1.82, 2.24) is 9.88 Å². The molecule has 134 valence electrons. The molecule has 0 aliphatic carbocycles. The Morgan fingerprint density at radius 2 is 1.77 bits per heavy atom. The fourth-order valence-corrected chi connectivity index (χ4v) is 2.85. The van der Waals surface area contributed by atoms with Crippen LogP contribution in [-0.2, 0) is 0 Å². The molecule has 0 bridgehead atoms. The molecule has 0 N–H and O–H groups in total. The average molecular weight is 350 g/mol. The summed E-state index contributed by atoms with van der Waals surface area (Å²) in [5, 5.41) is 0.849. The SMILES string of the molecule is CCN(C)C(=O)c1cc(-c2ccc(OC)c(OC)c2)nc2ccccc12. The Hall–Kier alpha value is -3.08. The zero-order chi connectivity index (χ0) is 18.7. The number of carbonyl (C=O) groups is 1. The second-order valence-electron chi connectivity index (χ2n) is 5.96. The molecule has 0 unspecified atom stereocenters. The number of rotatable bonds is 5. The quantitative estimate of drug-likeness (QED) is 0.698. The molecule has 0 radical (unpaired) electrons. The molecule has 3 aromatic rings. The Morgan fingerprint density at radius 3 is 2.46 bits per heavy atom. The molecule has 1 heterocycles. The molecular formula is C21H22N2O3. The molecule has 0 fully saturated rings. The Bertz CT molecular complexity index is 953. The van der Waals surface area contributed by atoms with Crippen molar-refractivity contribution < 1.29 is 14.3 Å². The van der Waals surface area contributed by atoms with Crippen LogP contribution >= 0.6 is 0 Å². The lowest BCUT2D eigenvalue weighted by molar-refractivity contribution is 0.0804. The van der Waals surface area contributed by atoms with Gasteiger partial charge in [-0.2, -0.15) is 0 Å². The van der Waals surface area contributed by atoms with E-state index in [2.05, 4.69) is 0 Å². The van der Waals surface area contributed by atoms with E-state index in [-0.39, 0.29) is 5.91 Å². The maximum absolute atomic E-state index is 12.9. The lowest BCUT2D eigenvalue weighted by atomic mass is 10.0. The van der Waals surface area contributed by atoms with Crippen LogP contribution < -0.4 is 9.47 Å². The molecule has 0 aliphatic rings. The number of hydrogen-bond acceptors (Lipinski definition) is 4. The van der Waals surface area contributed by atoms with Crippen LogP contribution in [0, 0.1) is 0 Å². The minimum atomic E-state index is -0.0205. The maximum atomic E-state index is 12.9. The van der Waals surface area contributed by atoms with Gasteiger partial charge < -0.3 is 14.4 Å². The van der Waals surface area contributed by atoms with Gasteiger partial charge in [0.25, 0.3) is 5.91 Å². The highest BCUT2D eigenvalue weighted by Gasteiger charge is 2.17. The van der Waals surface area contributed by atoms with Crippen LogP contribution in [-0.4, -0.2) is 43.6 Å². The number of aromatic nitrogens is 1. The van der Waals surface area contributed by atoms with Crippen molar-refractivity contribution in [1.29, 1.82) is 0 Å². The first kappa shape index (κ1) is 17.7. The summed E-state index contributed by atoms with van der Waals surface area (Å²) >= 11 is 0. The second kappa shape index (κ2) is 7.44. The van der Waals surface area contributed by atoms with E-state index < -0.39 is 0 Å². The molecule has 0 saturated carbocycles. The summed E-state index contributed by atoms with van der Waals surface area (Å²) in [7, 11) is 5.00. The Kier molecular flexibility index (Phi) is 5.07. The summed E-state index contributed by atoms with van der Waals surface area (Å²) < 4.78 is 10.7. The Balaban J connectivity index is 2.20. The largest absolute Gasteiger partial charge is 0.493 e. The highest BCUT2D eigenvalue weighted by atomic mass is 16.5. The van der Waals surface area contributed by atoms with Gasteiger partial charge in [0, 0.05) is 24.5 Å². The van der Waals surface area contributed by atoms with Crippen molar-refractivity contribution in [2.75, 3.05) is 27.8 Å². The summed E-state index contributed by atoms with van der Waals surface area (Å²) in [6.07, 6.45) is 0. The van der Waals surface area contributed by atoms with Gasteiger partial charge in [0.05, 0.1) is 31.0 Å². The first-order valence-corrected chi connectivity index (χ1v) is 8.46. The number of amides is 1. The van der Waals surface area contributed by atoms with Gasteiger partial charge in [-0.25, -0.2) is 4.98 Å². The summed E-state index contributed by atoms with van der Waals surface area (Å²) in [6.45, 7) is 2.59. The van der Waals surface area contributed by atoms with Crippen molar-refractivity contribution in [3.8, 4) is 22.8 Å². The second-order valence-corrected chi connectivity index (χ2v) is 5.96. The molecule has 0 spiro atoms. The van der Waals surface area contributed by atoms with E-state index in [1.54, 1.807) is 26.2 Å². The fraction of sp³-hybridized carbons (Fsp3) is 0.238. The van der Waals surface area contributed by atoms with Gasteiger partial charge in [-0.05, 0) is 37.3 Å². The van der Waals surface area contributed by atoms with Gasteiger partial charge in [-0.15, -0.1) is 0 Å². The number of nitrogens with zero attached hydrogens (tertiary/aromatic N) is 2. The number of hydrogen-bond donors (Lipinski definition) is 0. The average Bonchev–Trinajstić information content (AvgIpc) is 2.71. The van der Waals surface area contributed by atoms with Crippen molar-refractivity contribution in [3.05, 3.63) is 54.1 Å². The first-order valence-electron chi connectivity index (χ1n) is 8.46. The van der Waals surface area contributed by atoms with Crippen LogP contribution in [0.4, 0.5) is 0 Å². The van der Waals surface area contributed by atoms with Crippen molar-refractivity contribution >= 4 is 16.8 Å². The molecule has 3 rings (SSSR count). The van der Waals surface area contributed by atoms with Crippen LogP contribution in [0.5, 0.6) is 11.5 Å². The van der Waals surface area contributed by atoms with Crippen molar-refractivity contribution in [2.24, 2.45) is 0 Å². The molecule has 1 aromatic heterocycles. The number of benzene rings is 2. The topological polar surface area (TPSA) is 51.7 Å². The van der Waals surface area contributed by atoms with E-state index in [1.165, 1.54) is 0 Å². The summed E-state index contributed by atoms with van der Waals surface area (Å²) in [5.41, 5.74) is 3.01. The van der Waals surface area contributed by atoms with Gasteiger partial charge in [-0.3, -0.25) is 4.79 Å². The fourth-order valence-electron chi connectivity index (χ4n) is 2.85. The molecule has 26 heavy (non-hydrogen) atoms. The van der Waals surface area contributed by atoms with Crippen LogP contribution in [0.1, 0.15) is 17.3 Å². The summed E-state index contributed by atoms with van der Waals surface area (Å²) in [4.78, 5) is 19.3. The van der Waals surface area contributed by atoms with Crippen LogP contribution in [0.25, 0.3) is 22.2 Å². The molecule has 5 heteroatoms. The third-order valence-electron chi connectivity index (χ3n) is 4.45. The molecular weight excluding hydrogens is 328 g/mol. The van der Waals surface area contributed by atoms with Crippen LogP contribution in [0.2, 0.25) is 0 Å². The highest BCUT2D eigenvalue weighted by Crippen LogP contribution is 2.33. The van der Waals surface area contributed by atoms with Crippen molar-refractivity contribution in [3.63, 3.8) is 0 Å². The van der Waals surface area contributed by atoms with E-state index in [0.717, 1.165) is 22.2 Å². The third-order valence-corrected chi connectivity index (χ3v) is 4.45. The standard InChI is InChI=1S/C21H22N2O3/c1-5-23(2)21(24)16-13-18(22-17-9-7-6-8-15(16)17)14-10-11-19(25-3)20(12-14)26-4/h6-13H,5H2,1-4H3. The normalized spacial score (nSPS) is 10.6. The van der Waals surface area contributed by atoms with Gasteiger partial charge >= 0.3 is 0 Å². The maximum Gasteiger partial charge on any atom is 0.254 e. The number of para-hydroxylation sites is 1. The molecule has 0 saturated heterocycles. The number of ether oxygens (including phenoxy) is 2. The lowest BCUT2D eigenvalue weighted by Crippen LogP contribution is -2.26. The predicted octanol–water partition coefficient (Wildman–Crippen LogP) is 4.01. The number of pyridine rings is 1. The minimum Gasteiger partial charge on any atom is -0.493 e. The number of fused-ring (bicyclic) bond motifs is 1. The third kappa shape index (κ3) is 3.20. The molecule has 0 atom stereocenters. The van der Waals surface area contributed by atoms with Gasteiger partial charge in [0.15, 0.2) is 11.5 Å². The summed E-state index contributed by atoms with van der Waals surface area (Å²) in [5.74, 6) is 1.25.